The summed E-state index contributed by atoms with van der Waals surface area (Å²) < 4.78 is 5.69. The van der Waals surface area contributed by atoms with Crippen LogP contribution >= 0.6 is 23.2 Å². The first-order chi connectivity index (χ1) is 14.7. The number of hydrogen-bond acceptors (Lipinski definition) is 3. The Morgan fingerprint density at radius 2 is 1.71 bits per heavy atom. The maximum Gasteiger partial charge on any atom is 0.261 e. The fraction of sp³-hybridized carbons (Fsp3) is 0.417. The van der Waals surface area contributed by atoms with E-state index < -0.39 is 6.04 Å². The van der Waals surface area contributed by atoms with E-state index in [0.29, 0.717) is 22.2 Å². The maximum atomic E-state index is 13.2. The number of ether oxygens (including phenoxy) is 1. The highest BCUT2D eigenvalue weighted by Crippen LogP contribution is 2.24. The lowest BCUT2D eigenvalue weighted by atomic mass is 10.1. The van der Waals surface area contributed by atoms with Crippen molar-refractivity contribution in [3.63, 3.8) is 0 Å². The van der Waals surface area contributed by atoms with Crippen LogP contribution in [0.4, 0.5) is 0 Å². The average Bonchev–Trinajstić information content (AvgIpc) is 2.75. The first kappa shape index (κ1) is 25.0. The minimum atomic E-state index is -0.627. The van der Waals surface area contributed by atoms with Gasteiger partial charge in [0, 0.05) is 12.6 Å². The number of benzene rings is 2. The Morgan fingerprint density at radius 1 is 1.03 bits per heavy atom. The summed E-state index contributed by atoms with van der Waals surface area (Å²) in [6.07, 6.45) is 1.28. The molecule has 0 saturated carbocycles. The molecular formula is C24H30Cl2N2O3. The van der Waals surface area contributed by atoms with E-state index in [2.05, 4.69) is 5.32 Å². The Kier molecular flexibility index (Phi) is 9.66. The van der Waals surface area contributed by atoms with Gasteiger partial charge in [0.1, 0.15) is 11.8 Å². The molecule has 0 heterocycles. The number of rotatable bonds is 10. The number of carbonyl (C=O) groups is 2. The molecule has 2 amide bonds. The molecular weight excluding hydrogens is 435 g/mol. The summed E-state index contributed by atoms with van der Waals surface area (Å²) in [5, 5.41) is 3.82. The Balaban J connectivity index is 2.23. The van der Waals surface area contributed by atoms with Crippen LogP contribution in [-0.2, 0) is 16.1 Å². The third-order valence-electron chi connectivity index (χ3n) is 5.11. The topological polar surface area (TPSA) is 58.6 Å². The molecule has 2 rings (SSSR count). The van der Waals surface area contributed by atoms with Gasteiger partial charge in [-0.2, -0.15) is 0 Å². The molecule has 168 valence electrons. The molecule has 0 unspecified atom stereocenters. The highest BCUT2D eigenvalue weighted by Gasteiger charge is 2.29. The summed E-state index contributed by atoms with van der Waals surface area (Å²) in [4.78, 5) is 27.6. The number of carbonyl (C=O) groups excluding carboxylic acids is 2. The molecule has 0 saturated heterocycles. The number of nitrogens with zero attached hydrogens (tertiary/aromatic N) is 1. The molecule has 1 N–H and O–H groups in total. The maximum absolute atomic E-state index is 13.2. The van der Waals surface area contributed by atoms with E-state index in [9.17, 15) is 9.59 Å². The second-order valence-electron chi connectivity index (χ2n) is 7.61. The van der Waals surface area contributed by atoms with Crippen LogP contribution in [0.3, 0.4) is 0 Å². The van der Waals surface area contributed by atoms with Gasteiger partial charge in [-0.15, -0.1) is 0 Å². The first-order valence-corrected chi connectivity index (χ1v) is 11.2. The fourth-order valence-electron chi connectivity index (χ4n) is 3.06. The van der Waals surface area contributed by atoms with Crippen LogP contribution in [0.1, 0.15) is 44.7 Å². The molecule has 0 fully saturated rings. The second-order valence-corrected chi connectivity index (χ2v) is 8.43. The highest BCUT2D eigenvalue weighted by molar-refractivity contribution is 6.42. The van der Waals surface area contributed by atoms with E-state index in [1.54, 1.807) is 23.1 Å². The largest absolute Gasteiger partial charge is 0.484 e. The van der Waals surface area contributed by atoms with Gasteiger partial charge in [-0.05, 0) is 56.5 Å². The minimum Gasteiger partial charge on any atom is -0.484 e. The predicted molar refractivity (Wildman–Crippen MR) is 126 cm³/mol. The van der Waals surface area contributed by atoms with Gasteiger partial charge in [0.2, 0.25) is 5.91 Å². The smallest absolute Gasteiger partial charge is 0.261 e. The van der Waals surface area contributed by atoms with Gasteiger partial charge >= 0.3 is 0 Å². The lowest BCUT2D eigenvalue weighted by molar-refractivity contribution is -0.143. The average molecular weight is 465 g/mol. The lowest BCUT2D eigenvalue weighted by Crippen LogP contribution is -2.51. The summed E-state index contributed by atoms with van der Waals surface area (Å²) in [6.45, 7) is 7.86. The van der Waals surface area contributed by atoms with Crippen molar-refractivity contribution in [3.8, 4) is 5.75 Å². The predicted octanol–water partition coefficient (Wildman–Crippen LogP) is 5.40. The minimum absolute atomic E-state index is 0.0206. The van der Waals surface area contributed by atoms with Crippen LogP contribution < -0.4 is 10.1 Å². The molecule has 0 radical (unpaired) electrons. The molecule has 2 aromatic rings. The molecule has 0 aliphatic rings. The lowest BCUT2D eigenvalue weighted by Gasteiger charge is -2.31. The third-order valence-corrected chi connectivity index (χ3v) is 5.85. The Bertz CT molecular complexity index is 887. The molecule has 31 heavy (non-hydrogen) atoms. The van der Waals surface area contributed by atoms with Crippen molar-refractivity contribution in [1.82, 2.24) is 10.2 Å². The zero-order valence-corrected chi connectivity index (χ0v) is 20.0. The zero-order chi connectivity index (χ0) is 23.0. The SMILES string of the molecule is CC[C@@H](C)NC(=O)[C@@H](CC)N(Cc1ccc(Cl)c(Cl)c1)C(=O)COc1ccc(C)cc1. The van der Waals surface area contributed by atoms with Crippen molar-refractivity contribution in [2.45, 2.75) is 59.2 Å². The van der Waals surface area contributed by atoms with Gasteiger partial charge in [0.15, 0.2) is 6.61 Å². The molecule has 2 aromatic carbocycles. The van der Waals surface area contributed by atoms with Crippen molar-refractivity contribution in [2.24, 2.45) is 0 Å². The first-order valence-electron chi connectivity index (χ1n) is 10.5. The summed E-state index contributed by atoms with van der Waals surface area (Å²) in [5.74, 6) is 0.143. The molecule has 0 aliphatic carbocycles. The van der Waals surface area contributed by atoms with Crippen LogP contribution in [0.25, 0.3) is 0 Å². The van der Waals surface area contributed by atoms with Crippen LogP contribution in [0, 0.1) is 6.92 Å². The summed E-state index contributed by atoms with van der Waals surface area (Å²) >= 11 is 12.2. The number of aryl methyl sites for hydroxylation is 1. The Labute approximate surface area is 194 Å². The van der Waals surface area contributed by atoms with Crippen molar-refractivity contribution in [3.05, 3.63) is 63.6 Å². The van der Waals surface area contributed by atoms with E-state index >= 15 is 0 Å². The van der Waals surface area contributed by atoms with E-state index in [-0.39, 0.29) is 31.0 Å². The van der Waals surface area contributed by atoms with Crippen molar-refractivity contribution in [1.29, 1.82) is 0 Å². The van der Waals surface area contributed by atoms with E-state index in [4.69, 9.17) is 27.9 Å². The van der Waals surface area contributed by atoms with E-state index in [0.717, 1.165) is 17.5 Å². The van der Waals surface area contributed by atoms with Crippen molar-refractivity contribution >= 4 is 35.0 Å². The van der Waals surface area contributed by atoms with Gasteiger partial charge < -0.3 is 15.0 Å². The molecule has 7 heteroatoms. The van der Waals surface area contributed by atoms with Gasteiger partial charge in [-0.3, -0.25) is 9.59 Å². The van der Waals surface area contributed by atoms with Gasteiger partial charge in [-0.1, -0.05) is 60.8 Å². The van der Waals surface area contributed by atoms with Crippen molar-refractivity contribution in [2.75, 3.05) is 6.61 Å². The fourth-order valence-corrected chi connectivity index (χ4v) is 3.38. The third kappa shape index (κ3) is 7.44. The van der Waals surface area contributed by atoms with Crippen LogP contribution in [0.5, 0.6) is 5.75 Å². The number of hydrogen-bond donors (Lipinski definition) is 1. The van der Waals surface area contributed by atoms with E-state index in [1.807, 2.05) is 52.0 Å². The highest BCUT2D eigenvalue weighted by atomic mass is 35.5. The molecule has 0 bridgehead atoms. The van der Waals surface area contributed by atoms with E-state index in [1.165, 1.54) is 0 Å². The van der Waals surface area contributed by atoms with Gasteiger partial charge in [0.05, 0.1) is 10.0 Å². The van der Waals surface area contributed by atoms with Crippen LogP contribution in [0.2, 0.25) is 10.0 Å². The van der Waals surface area contributed by atoms with Gasteiger partial charge in [-0.25, -0.2) is 0 Å². The molecule has 0 spiro atoms. The summed E-state index contributed by atoms with van der Waals surface area (Å²) in [7, 11) is 0. The number of halogens is 2. The standard InChI is InChI=1S/C24H30Cl2N2O3/c1-5-17(4)27-24(30)22(6-2)28(14-18-9-12-20(25)21(26)13-18)23(29)15-31-19-10-7-16(3)8-11-19/h7-13,17,22H,5-6,14-15H2,1-4H3,(H,27,30)/t17-,22-/m1/s1. The number of nitrogens with one attached hydrogen (secondary N) is 1. The summed E-state index contributed by atoms with van der Waals surface area (Å²) in [5.41, 5.74) is 1.89. The monoisotopic (exact) mass is 464 g/mol. The number of amides is 2. The summed E-state index contributed by atoms with van der Waals surface area (Å²) in [6, 6.07) is 12.1. The molecule has 5 nitrogen and oxygen atoms in total. The second kappa shape index (κ2) is 12.0. The molecule has 0 aliphatic heterocycles. The Morgan fingerprint density at radius 3 is 2.29 bits per heavy atom. The molecule has 2 atom stereocenters. The van der Waals surface area contributed by atoms with Crippen LogP contribution in [0.15, 0.2) is 42.5 Å². The zero-order valence-electron chi connectivity index (χ0n) is 18.5. The van der Waals surface area contributed by atoms with Crippen LogP contribution in [-0.4, -0.2) is 35.4 Å². The Hall–Kier alpha value is -2.24. The normalized spacial score (nSPS) is 12.7. The molecule has 0 aromatic heterocycles. The quantitative estimate of drug-likeness (QED) is 0.511. The van der Waals surface area contributed by atoms with Crippen molar-refractivity contribution < 1.29 is 14.3 Å². The van der Waals surface area contributed by atoms with Gasteiger partial charge in [0.25, 0.3) is 5.91 Å².